The van der Waals surface area contributed by atoms with Crippen molar-refractivity contribution in [2.45, 2.75) is 51.2 Å². The number of anilines is 1. The van der Waals surface area contributed by atoms with Crippen LogP contribution in [0, 0.1) is 5.92 Å². The van der Waals surface area contributed by atoms with Crippen LogP contribution in [0.3, 0.4) is 0 Å². The quantitative estimate of drug-likeness (QED) is 0.710. The summed E-state index contributed by atoms with van der Waals surface area (Å²) in [6, 6.07) is 7.63. The second kappa shape index (κ2) is 9.79. The second-order valence-corrected chi connectivity index (χ2v) is 9.15. The Hall–Kier alpha value is -2.12. The van der Waals surface area contributed by atoms with Gasteiger partial charge in [-0.05, 0) is 63.8 Å². The molecule has 0 radical (unpaired) electrons. The Balaban J connectivity index is 1.52. The lowest BCUT2D eigenvalue weighted by Gasteiger charge is -2.42. The van der Waals surface area contributed by atoms with Crippen LogP contribution in [-0.2, 0) is 9.53 Å². The first-order valence-electron chi connectivity index (χ1n) is 11.0. The molecule has 2 saturated heterocycles. The van der Waals surface area contributed by atoms with Crippen LogP contribution in [0.4, 0.5) is 5.69 Å². The van der Waals surface area contributed by atoms with E-state index in [4.69, 9.17) is 10.5 Å². The molecule has 1 atom stereocenters. The van der Waals surface area contributed by atoms with Crippen molar-refractivity contribution in [3.8, 4) is 0 Å². The van der Waals surface area contributed by atoms with Gasteiger partial charge in [-0.25, -0.2) is 0 Å². The molecule has 7 nitrogen and oxygen atoms in total. The Kier molecular flexibility index (Phi) is 7.36. The topological polar surface area (TPSA) is 87.9 Å². The minimum atomic E-state index is -0.232. The van der Waals surface area contributed by atoms with E-state index in [2.05, 4.69) is 29.0 Å². The van der Waals surface area contributed by atoms with E-state index in [0.717, 1.165) is 51.0 Å². The van der Waals surface area contributed by atoms with Crippen LogP contribution in [0.25, 0.3) is 0 Å². The summed E-state index contributed by atoms with van der Waals surface area (Å²) < 4.78 is 5.46. The van der Waals surface area contributed by atoms with E-state index in [0.29, 0.717) is 24.8 Å². The van der Waals surface area contributed by atoms with Crippen LogP contribution >= 0.6 is 0 Å². The Labute approximate surface area is 179 Å². The molecule has 2 heterocycles. The van der Waals surface area contributed by atoms with E-state index in [1.807, 2.05) is 24.3 Å². The third-order valence-electron chi connectivity index (χ3n) is 6.63. The van der Waals surface area contributed by atoms with Gasteiger partial charge in [0.15, 0.2) is 0 Å². The van der Waals surface area contributed by atoms with Gasteiger partial charge in [0.05, 0.1) is 12.0 Å². The lowest BCUT2D eigenvalue weighted by molar-refractivity contribution is -0.122. The highest BCUT2D eigenvalue weighted by Crippen LogP contribution is 2.24. The highest BCUT2D eigenvalue weighted by Gasteiger charge is 2.31. The summed E-state index contributed by atoms with van der Waals surface area (Å²) in [4.78, 5) is 28.8. The molecule has 2 aliphatic rings. The van der Waals surface area contributed by atoms with Gasteiger partial charge in [0.25, 0.3) is 5.91 Å². The van der Waals surface area contributed by atoms with Crippen LogP contribution in [-0.4, -0.2) is 68.2 Å². The lowest BCUT2D eigenvalue weighted by atomic mass is 9.96. The van der Waals surface area contributed by atoms with Crippen LogP contribution in [0.15, 0.2) is 24.3 Å². The van der Waals surface area contributed by atoms with E-state index in [1.165, 1.54) is 0 Å². The van der Waals surface area contributed by atoms with Crippen LogP contribution in [0.1, 0.15) is 49.9 Å². The number of hydrogen-bond donors (Lipinski definition) is 2. The van der Waals surface area contributed by atoms with Crippen LogP contribution in [0.5, 0.6) is 0 Å². The summed E-state index contributed by atoms with van der Waals surface area (Å²) in [6.07, 6.45) is 4.21. The number of nitrogens with zero attached hydrogens (tertiary/aromatic N) is 2. The molecule has 3 rings (SSSR count). The Morgan fingerprint density at radius 3 is 2.40 bits per heavy atom. The molecule has 1 aromatic carbocycles. The number of piperidine rings is 2. The molecule has 0 spiro atoms. The summed E-state index contributed by atoms with van der Waals surface area (Å²) in [7, 11) is 1.78. The molecule has 1 unspecified atom stereocenters. The number of benzene rings is 1. The molecule has 0 saturated carbocycles. The maximum absolute atomic E-state index is 12.7. The van der Waals surface area contributed by atoms with Gasteiger partial charge in [-0.15, -0.1) is 0 Å². The van der Waals surface area contributed by atoms with E-state index in [9.17, 15) is 9.59 Å². The van der Waals surface area contributed by atoms with Crippen molar-refractivity contribution in [2.75, 3.05) is 44.7 Å². The predicted molar refractivity (Wildman–Crippen MR) is 119 cm³/mol. The number of hydrogen-bond acceptors (Lipinski definition) is 5. The fourth-order valence-corrected chi connectivity index (χ4v) is 4.47. The SMILES string of the molecule is COC1CCN(C(C)(C)CNC(=O)c2ccc(N3CCCC(C(N)=O)C3)cc2)CC1. The number of rotatable bonds is 7. The number of carbonyl (C=O) groups excluding carboxylic acids is 2. The maximum Gasteiger partial charge on any atom is 0.251 e. The molecule has 30 heavy (non-hydrogen) atoms. The standard InChI is InChI=1S/C23H36N4O3/c1-23(2,27-13-10-20(30-3)11-14-27)16-25-22(29)17-6-8-19(9-7-17)26-12-4-5-18(15-26)21(24)28/h6-9,18,20H,4-5,10-16H2,1-3H3,(H2,24,28)(H,25,29). The Bertz CT molecular complexity index is 726. The third kappa shape index (κ3) is 5.52. The zero-order valence-corrected chi connectivity index (χ0v) is 18.5. The van der Waals surface area contributed by atoms with Gasteiger partial charge in [0, 0.05) is 56.6 Å². The fourth-order valence-electron chi connectivity index (χ4n) is 4.47. The monoisotopic (exact) mass is 416 g/mol. The fraction of sp³-hybridized carbons (Fsp3) is 0.652. The molecule has 3 N–H and O–H groups in total. The molecule has 7 heteroatoms. The molecular weight excluding hydrogens is 380 g/mol. The zero-order chi connectivity index (χ0) is 21.7. The number of nitrogens with one attached hydrogen (secondary N) is 1. The summed E-state index contributed by atoms with van der Waals surface area (Å²) in [6.45, 7) is 8.47. The van der Waals surface area contributed by atoms with E-state index in [-0.39, 0.29) is 23.3 Å². The third-order valence-corrected chi connectivity index (χ3v) is 6.63. The molecule has 2 aliphatic heterocycles. The van der Waals surface area contributed by atoms with Gasteiger partial charge in [0.1, 0.15) is 0 Å². The molecule has 1 aromatic rings. The Morgan fingerprint density at radius 2 is 1.80 bits per heavy atom. The first-order chi connectivity index (χ1) is 14.3. The minimum absolute atomic E-state index is 0.0601. The van der Waals surface area contributed by atoms with Gasteiger partial charge in [-0.1, -0.05) is 0 Å². The summed E-state index contributed by atoms with van der Waals surface area (Å²) in [5, 5.41) is 3.10. The number of likely N-dealkylation sites (tertiary alicyclic amines) is 1. The second-order valence-electron chi connectivity index (χ2n) is 9.15. The van der Waals surface area contributed by atoms with E-state index < -0.39 is 0 Å². The van der Waals surface area contributed by atoms with E-state index in [1.54, 1.807) is 7.11 Å². The van der Waals surface area contributed by atoms with Gasteiger partial charge in [0.2, 0.25) is 5.91 Å². The first-order valence-corrected chi connectivity index (χ1v) is 11.0. The van der Waals surface area contributed by atoms with Crippen molar-refractivity contribution in [3.63, 3.8) is 0 Å². The van der Waals surface area contributed by atoms with E-state index >= 15 is 0 Å². The summed E-state index contributed by atoms with van der Waals surface area (Å²) >= 11 is 0. The average molecular weight is 417 g/mol. The molecular formula is C23H36N4O3. The molecule has 0 bridgehead atoms. The van der Waals surface area contributed by atoms with Gasteiger partial charge in [-0.3, -0.25) is 14.5 Å². The average Bonchev–Trinajstić information content (AvgIpc) is 2.77. The van der Waals surface area contributed by atoms with Crippen LogP contribution in [0.2, 0.25) is 0 Å². The number of methoxy groups -OCH3 is 1. The van der Waals surface area contributed by atoms with Crippen molar-refractivity contribution in [1.29, 1.82) is 0 Å². The predicted octanol–water partition coefficient (Wildman–Crippen LogP) is 2.01. The largest absolute Gasteiger partial charge is 0.381 e. The number of ether oxygens (including phenoxy) is 1. The van der Waals surface area contributed by atoms with Crippen molar-refractivity contribution in [3.05, 3.63) is 29.8 Å². The van der Waals surface area contributed by atoms with Crippen LogP contribution < -0.4 is 16.0 Å². The van der Waals surface area contributed by atoms with Gasteiger partial charge in [-0.2, -0.15) is 0 Å². The number of amides is 2. The number of nitrogens with two attached hydrogens (primary N) is 1. The minimum Gasteiger partial charge on any atom is -0.381 e. The molecule has 2 fully saturated rings. The molecule has 2 amide bonds. The van der Waals surface area contributed by atoms with Crippen molar-refractivity contribution < 1.29 is 14.3 Å². The number of primary amides is 1. The van der Waals surface area contributed by atoms with Crippen molar-refractivity contribution in [1.82, 2.24) is 10.2 Å². The van der Waals surface area contributed by atoms with Gasteiger partial charge < -0.3 is 20.7 Å². The maximum atomic E-state index is 12.7. The van der Waals surface area contributed by atoms with Crippen molar-refractivity contribution >= 4 is 17.5 Å². The Morgan fingerprint density at radius 1 is 1.13 bits per heavy atom. The molecule has 0 aliphatic carbocycles. The normalized spacial score (nSPS) is 21.4. The molecule has 166 valence electrons. The lowest BCUT2D eigenvalue weighted by Crippen LogP contribution is -2.54. The highest BCUT2D eigenvalue weighted by molar-refractivity contribution is 5.94. The highest BCUT2D eigenvalue weighted by atomic mass is 16.5. The van der Waals surface area contributed by atoms with Gasteiger partial charge >= 0.3 is 0 Å². The summed E-state index contributed by atoms with van der Waals surface area (Å²) in [5.41, 5.74) is 7.05. The zero-order valence-electron chi connectivity index (χ0n) is 18.5. The smallest absolute Gasteiger partial charge is 0.251 e. The first kappa shape index (κ1) is 22.6. The number of carbonyl (C=O) groups is 2. The van der Waals surface area contributed by atoms with Crippen molar-refractivity contribution in [2.24, 2.45) is 11.7 Å². The molecule has 0 aromatic heterocycles. The summed E-state index contributed by atoms with van der Waals surface area (Å²) in [5.74, 6) is -0.391.